The van der Waals surface area contributed by atoms with E-state index in [-0.39, 0.29) is 5.92 Å². The summed E-state index contributed by atoms with van der Waals surface area (Å²) in [6.07, 6.45) is 2.03. The average Bonchev–Trinajstić information content (AvgIpc) is 2.47. The lowest BCUT2D eigenvalue weighted by atomic mass is 9.89. The standard InChI is InChI=1S/C17H17BrO/c1-3-16(19-2)17(13-7-5-4-6-8-13)14-9-11-15(18)12-10-14/h3-12,17H,1-2H3/b16-3-. The molecule has 1 unspecified atom stereocenters. The Hall–Kier alpha value is -1.54. The summed E-state index contributed by atoms with van der Waals surface area (Å²) in [6.45, 7) is 2.01. The van der Waals surface area contributed by atoms with Gasteiger partial charge in [-0.1, -0.05) is 58.4 Å². The second kappa shape index (κ2) is 6.58. The van der Waals surface area contributed by atoms with Crippen LogP contribution in [0.4, 0.5) is 0 Å². The molecule has 0 radical (unpaired) electrons. The SMILES string of the molecule is C/C=C(\OC)C(c1ccccc1)c1ccc(Br)cc1. The molecule has 0 saturated carbocycles. The first-order chi connectivity index (χ1) is 9.26. The molecule has 0 aromatic heterocycles. The van der Waals surface area contributed by atoms with Crippen LogP contribution in [-0.4, -0.2) is 7.11 Å². The number of rotatable bonds is 4. The first-order valence-electron chi connectivity index (χ1n) is 6.27. The minimum atomic E-state index is 0.143. The van der Waals surface area contributed by atoms with Crippen molar-refractivity contribution in [2.75, 3.05) is 7.11 Å². The lowest BCUT2D eigenvalue weighted by molar-refractivity contribution is 0.272. The fourth-order valence-corrected chi connectivity index (χ4v) is 2.49. The summed E-state index contributed by atoms with van der Waals surface area (Å²) in [5.74, 6) is 1.11. The predicted molar refractivity (Wildman–Crippen MR) is 83.2 cm³/mol. The Bertz CT molecular complexity index is 543. The highest BCUT2D eigenvalue weighted by molar-refractivity contribution is 9.10. The van der Waals surface area contributed by atoms with Gasteiger partial charge in [0.15, 0.2) is 0 Å². The third-order valence-electron chi connectivity index (χ3n) is 3.14. The highest BCUT2D eigenvalue weighted by atomic mass is 79.9. The Morgan fingerprint density at radius 3 is 2.11 bits per heavy atom. The van der Waals surface area contributed by atoms with Crippen molar-refractivity contribution < 1.29 is 4.74 Å². The van der Waals surface area contributed by atoms with Crippen LogP contribution in [0.5, 0.6) is 0 Å². The fraction of sp³-hybridized carbons (Fsp3) is 0.176. The molecule has 0 amide bonds. The minimum Gasteiger partial charge on any atom is -0.500 e. The van der Waals surface area contributed by atoms with Crippen LogP contribution in [0, 0.1) is 0 Å². The molecule has 0 N–H and O–H groups in total. The van der Waals surface area contributed by atoms with Gasteiger partial charge in [-0.25, -0.2) is 0 Å². The molecule has 0 spiro atoms. The Balaban J connectivity index is 2.49. The lowest BCUT2D eigenvalue weighted by Crippen LogP contribution is -2.06. The van der Waals surface area contributed by atoms with Crippen molar-refractivity contribution in [1.82, 2.24) is 0 Å². The second-order valence-corrected chi connectivity index (χ2v) is 5.21. The van der Waals surface area contributed by atoms with Crippen LogP contribution in [0.15, 0.2) is 70.9 Å². The van der Waals surface area contributed by atoms with Gasteiger partial charge in [0.2, 0.25) is 0 Å². The molecule has 0 aliphatic carbocycles. The summed E-state index contributed by atoms with van der Waals surface area (Å²) in [7, 11) is 1.73. The van der Waals surface area contributed by atoms with Gasteiger partial charge in [0.1, 0.15) is 5.76 Å². The molecule has 0 bridgehead atoms. The third kappa shape index (κ3) is 3.27. The van der Waals surface area contributed by atoms with E-state index in [2.05, 4.69) is 64.5 Å². The van der Waals surface area contributed by atoms with Crippen LogP contribution in [0.2, 0.25) is 0 Å². The monoisotopic (exact) mass is 316 g/mol. The summed E-state index contributed by atoms with van der Waals surface area (Å²) in [6, 6.07) is 18.8. The molecule has 0 heterocycles. The molecule has 1 nitrogen and oxygen atoms in total. The Morgan fingerprint density at radius 2 is 1.58 bits per heavy atom. The number of allylic oxidation sites excluding steroid dienone is 2. The van der Waals surface area contributed by atoms with Crippen LogP contribution in [-0.2, 0) is 4.74 Å². The smallest absolute Gasteiger partial charge is 0.103 e. The molecule has 2 rings (SSSR count). The van der Waals surface area contributed by atoms with Gasteiger partial charge in [0.25, 0.3) is 0 Å². The van der Waals surface area contributed by atoms with Gasteiger partial charge in [-0.05, 0) is 36.3 Å². The van der Waals surface area contributed by atoms with Crippen LogP contribution in [0.1, 0.15) is 24.0 Å². The summed E-state index contributed by atoms with van der Waals surface area (Å²) in [4.78, 5) is 0. The van der Waals surface area contributed by atoms with Crippen molar-refractivity contribution in [2.24, 2.45) is 0 Å². The van der Waals surface area contributed by atoms with E-state index < -0.39 is 0 Å². The zero-order valence-electron chi connectivity index (χ0n) is 11.1. The number of halogens is 1. The molecule has 0 saturated heterocycles. The van der Waals surface area contributed by atoms with Crippen LogP contribution >= 0.6 is 15.9 Å². The molecule has 0 fully saturated rings. The molecular formula is C17H17BrO. The van der Waals surface area contributed by atoms with E-state index in [1.165, 1.54) is 11.1 Å². The van der Waals surface area contributed by atoms with Crippen LogP contribution in [0.25, 0.3) is 0 Å². The quantitative estimate of drug-likeness (QED) is 0.710. The fourth-order valence-electron chi connectivity index (χ4n) is 2.22. The van der Waals surface area contributed by atoms with Crippen molar-refractivity contribution in [3.63, 3.8) is 0 Å². The largest absolute Gasteiger partial charge is 0.500 e. The zero-order chi connectivity index (χ0) is 13.7. The molecule has 19 heavy (non-hydrogen) atoms. The van der Waals surface area contributed by atoms with E-state index in [1.54, 1.807) is 7.11 Å². The van der Waals surface area contributed by atoms with Crippen molar-refractivity contribution >= 4 is 15.9 Å². The molecule has 0 aliphatic heterocycles. The number of hydrogen-bond acceptors (Lipinski definition) is 1. The van der Waals surface area contributed by atoms with Gasteiger partial charge in [0, 0.05) is 4.47 Å². The molecular weight excluding hydrogens is 300 g/mol. The van der Waals surface area contributed by atoms with E-state index in [9.17, 15) is 0 Å². The summed E-state index contributed by atoms with van der Waals surface area (Å²) in [5.41, 5.74) is 2.46. The maximum absolute atomic E-state index is 5.55. The maximum atomic E-state index is 5.55. The minimum absolute atomic E-state index is 0.143. The Kier molecular flexibility index (Phi) is 4.80. The molecule has 2 aromatic rings. The second-order valence-electron chi connectivity index (χ2n) is 4.29. The first kappa shape index (κ1) is 13.9. The highest BCUT2D eigenvalue weighted by Crippen LogP contribution is 2.32. The third-order valence-corrected chi connectivity index (χ3v) is 3.67. The van der Waals surface area contributed by atoms with E-state index in [1.807, 2.05) is 19.1 Å². The van der Waals surface area contributed by atoms with Crippen LogP contribution < -0.4 is 0 Å². The van der Waals surface area contributed by atoms with Gasteiger partial charge >= 0.3 is 0 Å². The number of benzene rings is 2. The van der Waals surface area contributed by atoms with E-state index >= 15 is 0 Å². The predicted octanol–water partition coefficient (Wildman–Crippen LogP) is 5.13. The maximum Gasteiger partial charge on any atom is 0.103 e. The topological polar surface area (TPSA) is 9.23 Å². The van der Waals surface area contributed by atoms with Crippen LogP contribution in [0.3, 0.4) is 0 Å². The van der Waals surface area contributed by atoms with Crippen molar-refractivity contribution in [3.8, 4) is 0 Å². The lowest BCUT2D eigenvalue weighted by Gasteiger charge is -2.20. The van der Waals surface area contributed by atoms with Gasteiger partial charge in [-0.3, -0.25) is 0 Å². The number of ether oxygens (including phenoxy) is 1. The molecule has 2 aromatic carbocycles. The van der Waals surface area contributed by atoms with Crippen molar-refractivity contribution in [2.45, 2.75) is 12.8 Å². The van der Waals surface area contributed by atoms with Crippen molar-refractivity contribution in [3.05, 3.63) is 82.0 Å². The molecule has 1 atom stereocenters. The van der Waals surface area contributed by atoms with E-state index in [0.29, 0.717) is 0 Å². The molecule has 2 heteroatoms. The zero-order valence-corrected chi connectivity index (χ0v) is 12.7. The Morgan fingerprint density at radius 1 is 1.00 bits per heavy atom. The average molecular weight is 317 g/mol. The summed E-state index contributed by atoms with van der Waals surface area (Å²) < 4.78 is 6.64. The number of methoxy groups -OCH3 is 1. The first-order valence-corrected chi connectivity index (χ1v) is 7.06. The van der Waals surface area contributed by atoms with E-state index in [4.69, 9.17) is 4.74 Å². The number of hydrogen-bond donors (Lipinski definition) is 0. The molecule has 0 aliphatic rings. The normalized spacial score (nSPS) is 13.1. The van der Waals surface area contributed by atoms with E-state index in [0.717, 1.165) is 10.2 Å². The Labute approximate surface area is 123 Å². The summed E-state index contributed by atoms with van der Waals surface area (Å²) >= 11 is 3.48. The van der Waals surface area contributed by atoms with Gasteiger partial charge in [-0.15, -0.1) is 0 Å². The van der Waals surface area contributed by atoms with Gasteiger partial charge in [-0.2, -0.15) is 0 Å². The van der Waals surface area contributed by atoms with Gasteiger partial charge < -0.3 is 4.74 Å². The molecule has 98 valence electrons. The van der Waals surface area contributed by atoms with Gasteiger partial charge in [0.05, 0.1) is 13.0 Å². The highest BCUT2D eigenvalue weighted by Gasteiger charge is 2.19. The summed E-state index contributed by atoms with van der Waals surface area (Å²) in [5, 5.41) is 0. The van der Waals surface area contributed by atoms with Crippen molar-refractivity contribution in [1.29, 1.82) is 0 Å².